The summed E-state index contributed by atoms with van der Waals surface area (Å²) >= 11 is 0. The number of benzene rings is 2. The standard InChI is InChI=1S/C23H19N3O5/c27-21(17-8-4-5-9-18(17)26(30)31)24(13-14-6-2-1-3-7-14)25-22(28)19-15-10-11-16(12-15)20(19)23(25)29/h1-11,15-16,19-20H,12-13H2/t15-,16-,19+,20+/m0/s1. The third-order valence-corrected chi connectivity index (χ3v) is 6.43. The van der Waals surface area contributed by atoms with Crippen molar-refractivity contribution in [2.45, 2.75) is 13.0 Å². The molecule has 2 fully saturated rings. The molecule has 1 saturated carbocycles. The van der Waals surface area contributed by atoms with E-state index in [1.54, 1.807) is 24.3 Å². The molecule has 8 nitrogen and oxygen atoms in total. The maximum Gasteiger partial charge on any atom is 0.282 e. The van der Waals surface area contributed by atoms with E-state index in [1.165, 1.54) is 24.3 Å². The Morgan fingerprint density at radius 3 is 2.16 bits per heavy atom. The van der Waals surface area contributed by atoms with Gasteiger partial charge in [-0.2, -0.15) is 5.01 Å². The quantitative estimate of drug-likeness (QED) is 0.322. The number of hydrazine groups is 1. The summed E-state index contributed by atoms with van der Waals surface area (Å²) in [5.74, 6) is -2.52. The van der Waals surface area contributed by atoms with Gasteiger partial charge in [0.15, 0.2) is 0 Å². The second-order valence-electron chi connectivity index (χ2n) is 8.11. The number of nitro benzene ring substituents is 1. The molecule has 1 heterocycles. The van der Waals surface area contributed by atoms with Gasteiger partial charge >= 0.3 is 0 Å². The number of allylic oxidation sites excluding steroid dienone is 2. The monoisotopic (exact) mass is 417 g/mol. The molecule has 0 unspecified atom stereocenters. The fraction of sp³-hybridized carbons (Fsp3) is 0.261. The van der Waals surface area contributed by atoms with Gasteiger partial charge in [-0.1, -0.05) is 54.6 Å². The molecule has 2 bridgehead atoms. The van der Waals surface area contributed by atoms with Crippen molar-refractivity contribution < 1.29 is 19.3 Å². The van der Waals surface area contributed by atoms with Gasteiger partial charge in [0.2, 0.25) is 0 Å². The van der Waals surface area contributed by atoms with Crippen molar-refractivity contribution in [2.75, 3.05) is 0 Å². The first-order valence-electron chi connectivity index (χ1n) is 10.1. The number of hydrogen-bond donors (Lipinski definition) is 0. The van der Waals surface area contributed by atoms with Gasteiger partial charge < -0.3 is 0 Å². The summed E-state index contributed by atoms with van der Waals surface area (Å²) in [5.41, 5.74) is 0.168. The van der Waals surface area contributed by atoms with Crippen molar-refractivity contribution in [3.63, 3.8) is 0 Å². The zero-order chi connectivity index (χ0) is 21.7. The number of nitro groups is 1. The van der Waals surface area contributed by atoms with Gasteiger partial charge in [0.05, 0.1) is 23.3 Å². The molecule has 0 spiro atoms. The molecule has 156 valence electrons. The molecule has 1 saturated heterocycles. The van der Waals surface area contributed by atoms with E-state index in [1.807, 2.05) is 18.2 Å². The number of hydrogen-bond acceptors (Lipinski definition) is 5. The predicted octanol–water partition coefficient (Wildman–Crippen LogP) is 2.96. The summed E-state index contributed by atoms with van der Waals surface area (Å²) in [4.78, 5) is 51.0. The molecule has 3 aliphatic rings. The number of rotatable bonds is 5. The highest BCUT2D eigenvalue weighted by Gasteiger charge is 2.61. The van der Waals surface area contributed by atoms with Crippen LogP contribution in [0.4, 0.5) is 5.69 Å². The zero-order valence-electron chi connectivity index (χ0n) is 16.5. The van der Waals surface area contributed by atoms with E-state index >= 15 is 0 Å². The molecule has 8 heteroatoms. The Morgan fingerprint density at radius 1 is 0.968 bits per heavy atom. The number of imide groups is 1. The molecule has 2 aromatic carbocycles. The van der Waals surface area contributed by atoms with E-state index in [0.29, 0.717) is 5.56 Å². The van der Waals surface area contributed by atoms with E-state index in [0.717, 1.165) is 16.4 Å². The Morgan fingerprint density at radius 2 is 1.55 bits per heavy atom. The average molecular weight is 417 g/mol. The van der Waals surface area contributed by atoms with Crippen LogP contribution in [0.1, 0.15) is 22.3 Å². The van der Waals surface area contributed by atoms with Crippen molar-refractivity contribution in [3.8, 4) is 0 Å². The van der Waals surface area contributed by atoms with Gasteiger partial charge in [-0.15, -0.1) is 0 Å². The van der Waals surface area contributed by atoms with Crippen LogP contribution in [-0.4, -0.2) is 32.7 Å². The highest BCUT2D eigenvalue weighted by atomic mass is 16.6. The van der Waals surface area contributed by atoms with Crippen LogP contribution < -0.4 is 0 Å². The average Bonchev–Trinajstić information content (AvgIpc) is 3.46. The van der Waals surface area contributed by atoms with Crippen LogP contribution in [0.25, 0.3) is 0 Å². The third kappa shape index (κ3) is 2.94. The fourth-order valence-corrected chi connectivity index (χ4v) is 5.07. The van der Waals surface area contributed by atoms with E-state index in [2.05, 4.69) is 0 Å². The van der Waals surface area contributed by atoms with Crippen LogP contribution in [0.15, 0.2) is 66.7 Å². The second-order valence-corrected chi connectivity index (χ2v) is 8.11. The van der Waals surface area contributed by atoms with Crippen LogP contribution in [-0.2, 0) is 16.1 Å². The summed E-state index contributed by atoms with van der Waals surface area (Å²) in [6, 6.07) is 14.5. The van der Waals surface area contributed by atoms with E-state index < -0.39 is 34.5 Å². The molecular weight excluding hydrogens is 398 g/mol. The molecule has 1 aliphatic heterocycles. The van der Waals surface area contributed by atoms with Gasteiger partial charge in [0.25, 0.3) is 23.4 Å². The first-order valence-corrected chi connectivity index (χ1v) is 10.1. The van der Waals surface area contributed by atoms with E-state index in [9.17, 15) is 24.5 Å². The summed E-state index contributed by atoms with van der Waals surface area (Å²) < 4.78 is 0. The minimum atomic E-state index is -0.752. The van der Waals surface area contributed by atoms with Crippen molar-refractivity contribution >= 4 is 23.4 Å². The maximum atomic E-state index is 13.5. The van der Waals surface area contributed by atoms with Crippen LogP contribution in [0.5, 0.6) is 0 Å². The Balaban J connectivity index is 1.56. The Hall–Kier alpha value is -3.81. The van der Waals surface area contributed by atoms with Crippen molar-refractivity contribution in [3.05, 3.63) is 88.0 Å². The number of nitrogens with zero attached hydrogens (tertiary/aromatic N) is 3. The molecule has 3 amide bonds. The largest absolute Gasteiger partial charge is 0.282 e. The first-order chi connectivity index (χ1) is 15.0. The lowest BCUT2D eigenvalue weighted by molar-refractivity contribution is -0.385. The van der Waals surface area contributed by atoms with E-state index in [4.69, 9.17) is 0 Å². The maximum absolute atomic E-state index is 13.5. The number of fused-ring (bicyclic) bond motifs is 5. The molecule has 2 aromatic rings. The van der Waals surface area contributed by atoms with Crippen LogP contribution in [0.2, 0.25) is 0 Å². The van der Waals surface area contributed by atoms with Gasteiger partial charge in [0.1, 0.15) is 5.56 Å². The molecule has 4 atom stereocenters. The summed E-state index contributed by atoms with van der Waals surface area (Å²) in [5, 5.41) is 13.5. The SMILES string of the molecule is O=C(c1ccccc1[N+](=O)[O-])N(Cc1ccccc1)N1C(=O)[C@H]2[C@H](C1=O)[C@H]1C=C[C@H]2C1. The Bertz CT molecular complexity index is 1100. The molecule has 2 aliphatic carbocycles. The van der Waals surface area contributed by atoms with Crippen LogP contribution in [0, 0.1) is 33.8 Å². The lowest BCUT2D eigenvalue weighted by atomic mass is 9.85. The van der Waals surface area contributed by atoms with Gasteiger partial charge in [-0.05, 0) is 29.9 Å². The minimum absolute atomic E-state index is 0.00353. The predicted molar refractivity (Wildman–Crippen MR) is 109 cm³/mol. The van der Waals surface area contributed by atoms with Crippen LogP contribution in [0.3, 0.4) is 0 Å². The third-order valence-electron chi connectivity index (χ3n) is 6.43. The second kappa shape index (κ2) is 7.16. The highest BCUT2D eigenvalue weighted by molar-refractivity contribution is 6.09. The normalized spacial score (nSPS) is 25.7. The molecule has 31 heavy (non-hydrogen) atoms. The number of carbonyl (C=O) groups is 3. The van der Waals surface area contributed by atoms with Crippen molar-refractivity contribution in [1.29, 1.82) is 0 Å². The molecular formula is C23H19N3O5. The topological polar surface area (TPSA) is 101 Å². The smallest absolute Gasteiger partial charge is 0.272 e. The lowest BCUT2D eigenvalue weighted by Gasteiger charge is -2.31. The number of carbonyl (C=O) groups excluding carboxylic acids is 3. The van der Waals surface area contributed by atoms with Crippen molar-refractivity contribution in [2.24, 2.45) is 23.7 Å². The molecule has 0 N–H and O–H groups in total. The number of amides is 3. The van der Waals surface area contributed by atoms with Crippen LogP contribution >= 0.6 is 0 Å². The van der Waals surface area contributed by atoms with Crippen molar-refractivity contribution in [1.82, 2.24) is 10.0 Å². The van der Waals surface area contributed by atoms with E-state index in [-0.39, 0.29) is 29.6 Å². The minimum Gasteiger partial charge on any atom is -0.272 e. The summed E-state index contributed by atoms with van der Waals surface area (Å²) in [6.45, 7) is -0.0502. The molecule has 0 radical (unpaired) electrons. The molecule has 0 aromatic heterocycles. The summed E-state index contributed by atoms with van der Waals surface area (Å²) in [7, 11) is 0. The first kappa shape index (κ1) is 19.2. The van der Waals surface area contributed by atoms with Gasteiger partial charge in [0, 0.05) is 6.07 Å². The van der Waals surface area contributed by atoms with Gasteiger partial charge in [-0.3, -0.25) is 24.5 Å². The fourth-order valence-electron chi connectivity index (χ4n) is 5.07. The lowest BCUT2D eigenvalue weighted by Crippen LogP contribution is -2.50. The molecule has 5 rings (SSSR count). The number of para-hydroxylation sites is 1. The zero-order valence-corrected chi connectivity index (χ0v) is 16.5. The van der Waals surface area contributed by atoms with Gasteiger partial charge in [-0.25, -0.2) is 5.01 Å². The summed E-state index contributed by atoms with van der Waals surface area (Å²) in [6.07, 6.45) is 4.73. The Labute approximate surface area is 177 Å². The highest BCUT2D eigenvalue weighted by Crippen LogP contribution is 2.53. The Kier molecular flexibility index (Phi) is 4.43.